The molecule has 0 bridgehead atoms. The Bertz CT molecular complexity index is 632. The maximum atomic E-state index is 5.67. The van der Waals surface area contributed by atoms with E-state index in [0.717, 1.165) is 5.56 Å². The van der Waals surface area contributed by atoms with E-state index in [-0.39, 0.29) is 0 Å². The minimum absolute atomic E-state index is 0.370. The lowest BCUT2D eigenvalue weighted by Gasteiger charge is -2.20. The average Bonchev–Trinajstić information content (AvgIpc) is 2.47. The molecular weight excluding hydrogens is 252 g/mol. The van der Waals surface area contributed by atoms with Crippen LogP contribution in [0.1, 0.15) is 13.8 Å². The van der Waals surface area contributed by atoms with Gasteiger partial charge in [0.05, 0.1) is 0 Å². The van der Waals surface area contributed by atoms with E-state index in [1.54, 1.807) is 19.9 Å². The van der Waals surface area contributed by atoms with Crippen molar-refractivity contribution in [2.45, 2.75) is 19.4 Å². The average molecular weight is 268 g/mol. The Morgan fingerprint density at radius 3 is 2.55 bits per heavy atom. The highest BCUT2D eigenvalue weighted by atomic mass is 16.5. The van der Waals surface area contributed by atoms with Gasteiger partial charge in [0.1, 0.15) is 5.82 Å². The Morgan fingerprint density at radius 1 is 1.25 bits per heavy atom. The molecule has 0 saturated heterocycles. The summed E-state index contributed by atoms with van der Waals surface area (Å²) in [7, 11) is 0. The normalized spacial score (nSPS) is 10.7. The minimum atomic E-state index is -0.756. The SMILES string of the molecule is C#CC(C)(C)Oc1cc(NN)nc(-c2ccccc2)n1. The van der Waals surface area contributed by atoms with Gasteiger partial charge in [0, 0.05) is 11.6 Å². The summed E-state index contributed by atoms with van der Waals surface area (Å²) >= 11 is 0. The van der Waals surface area contributed by atoms with Crippen LogP contribution in [0, 0.1) is 12.3 Å². The summed E-state index contributed by atoms with van der Waals surface area (Å²) in [6.07, 6.45) is 5.42. The molecule has 20 heavy (non-hydrogen) atoms. The van der Waals surface area contributed by atoms with Gasteiger partial charge in [0.25, 0.3) is 0 Å². The van der Waals surface area contributed by atoms with Crippen molar-refractivity contribution in [3.8, 4) is 29.6 Å². The van der Waals surface area contributed by atoms with Crippen LogP contribution in [0.3, 0.4) is 0 Å². The maximum Gasteiger partial charge on any atom is 0.220 e. The van der Waals surface area contributed by atoms with E-state index in [0.29, 0.717) is 17.5 Å². The van der Waals surface area contributed by atoms with Crippen LogP contribution in [-0.4, -0.2) is 15.6 Å². The molecule has 0 radical (unpaired) electrons. The fourth-order valence-electron chi connectivity index (χ4n) is 1.56. The zero-order chi connectivity index (χ0) is 14.6. The number of nitrogen functional groups attached to an aromatic ring is 1. The number of rotatable bonds is 4. The number of aromatic nitrogens is 2. The van der Waals surface area contributed by atoms with Crippen LogP contribution in [0.5, 0.6) is 5.88 Å². The molecule has 1 heterocycles. The predicted octanol–water partition coefficient (Wildman–Crippen LogP) is 2.22. The fraction of sp³-hybridized carbons (Fsp3) is 0.200. The summed E-state index contributed by atoms with van der Waals surface area (Å²) in [5.74, 6) is 9.33. The number of nitrogens with zero attached hydrogens (tertiary/aromatic N) is 2. The molecule has 0 aliphatic rings. The Labute approximate surface area is 118 Å². The molecule has 102 valence electrons. The largest absolute Gasteiger partial charge is 0.458 e. The topological polar surface area (TPSA) is 73.1 Å². The molecule has 1 aromatic carbocycles. The second-order valence-electron chi connectivity index (χ2n) is 4.68. The van der Waals surface area contributed by atoms with Gasteiger partial charge in [-0.15, -0.1) is 6.42 Å². The van der Waals surface area contributed by atoms with Gasteiger partial charge in [-0.2, -0.15) is 4.98 Å². The van der Waals surface area contributed by atoms with Crippen molar-refractivity contribution in [2.24, 2.45) is 5.84 Å². The molecule has 2 rings (SSSR count). The van der Waals surface area contributed by atoms with Crippen LogP contribution in [0.15, 0.2) is 36.4 Å². The van der Waals surface area contributed by atoms with Crippen molar-refractivity contribution in [3.05, 3.63) is 36.4 Å². The molecule has 0 aliphatic heterocycles. The van der Waals surface area contributed by atoms with Gasteiger partial charge < -0.3 is 10.2 Å². The Kier molecular flexibility index (Phi) is 3.87. The third kappa shape index (κ3) is 3.25. The van der Waals surface area contributed by atoms with E-state index in [2.05, 4.69) is 21.3 Å². The second kappa shape index (κ2) is 5.59. The van der Waals surface area contributed by atoms with Crippen molar-refractivity contribution in [1.29, 1.82) is 0 Å². The summed E-state index contributed by atoms with van der Waals surface area (Å²) < 4.78 is 5.67. The molecule has 3 N–H and O–H groups in total. The lowest BCUT2D eigenvalue weighted by Crippen LogP contribution is -2.26. The number of anilines is 1. The molecular formula is C15H16N4O. The smallest absolute Gasteiger partial charge is 0.220 e. The van der Waals surface area contributed by atoms with Crippen LogP contribution < -0.4 is 16.0 Å². The summed E-state index contributed by atoms with van der Waals surface area (Å²) in [4.78, 5) is 8.66. The van der Waals surface area contributed by atoms with Gasteiger partial charge in [-0.1, -0.05) is 36.3 Å². The van der Waals surface area contributed by atoms with Crippen LogP contribution in [-0.2, 0) is 0 Å². The van der Waals surface area contributed by atoms with E-state index >= 15 is 0 Å². The number of hydrazine groups is 1. The maximum absolute atomic E-state index is 5.67. The molecule has 0 fully saturated rings. The third-order valence-electron chi connectivity index (χ3n) is 2.59. The number of nitrogens with one attached hydrogen (secondary N) is 1. The Balaban J connectivity index is 2.43. The van der Waals surface area contributed by atoms with Crippen LogP contribution in [0.25, 0.3) is 11.4 Å². The number of terminal acetylenes is 1. The highest BCUT2D eigenvalue weighted by molar-refractivity contribution is 5.58. The van der Waals surface area contributed by atoms with Gasteiger partial charge in [-0.3, -0.25) is 0 Å². The molecule has 5 nitrogen and oxygen atoms in total. The number of hydrogen-bond acceptors (Lipinski definition) is 5. The van der Waals surface area contributed by atoms with Crippen molar-refractivity contribution in [1.82, 2.24) is 9.97 Å². The van der Waals surface area contributed by atoms with E-state index in [4.69, 9.17) is 17.0 Å². The van der Waals surface area contributed by atoms with Gasteiger partial charge in [0.2, 0.25) is 5.88 Å². The van der Waals surface area contributed by atoms with E-state index < -0.39 is 5.60 Å². The monoisotopic (exact) mass is 268 g/mol. The first-order valence-electron chi connectivity index (χ1n) is 6.12. The van der Waals surface area contributed by atoms with Gasteiger partial charge in [-0.25, -0.2) is 10.8 Å². The van der Waals surface area contributed by atoms with Crippen molar-refractivity contribution in [2.75, 3.05) is 5.43 Å². The molecule has 2 aromatic rings. The Hall–Kier alpha value is -2.58. The molecule has 0 unspecified atom stereocenters. The quantitative estimate of drug-likeness (QED) is 0.505. The number of hydrogen-bond donors (Lipinski definition) is 2. The highest BCUT2D eigenvalue weighted by Gasteiger charge is 2.18. The van der Waals surface area contributed by atoms with Gasteiger partial charge in [0.15, 0.2) is 11.4 Å². The predicted molar refractivity (Wildman–Crippen MR) is 78.8 cm³/mol. The van der Waals surface area contributed by atoms with Gasteiger partial charge in [-0.05, 0) is 13.8 Å². The Morgan fingerprint density at radius 2 is 1.95 bits per heavy atom. The summed E-state index contributed by atoms with van der Waals surface area (Å²) in [6, 6.07) is 11.2. The molecule has 5 heteroatoms. The molecule has 0 atom stereocenters. The lowest BCUT2D eigenvalue weighted by molar-refractivity contribution is 0.165. The van der Waals surface area contributed by atoms with Crippen LogP contribution in [0.4, 0.5) is 5.82 Å². The zero-order valence-electron chi connectivity index (χ0n) is 11.4. The van der Waals surface area contributed by atoms with Crippen molar-refractivity contribution < 1.29 is 4.74 Å². The lowest BCUT2D eigenvalue weighted by atomic mass is 10.1. The summed E-state index contributed by atoms with van der Waals surface area (Å²) in [5.41, 5.74) is 2.61. The first-order chi connectivity index (χ1) is 9.54. The number of nitrogens with two attached hydrogens (primary N) is 1. The van der Waals surface area contributed by atoms with Crippen LogP contribution in [0.2, 0.25) is 0 Å². The first kappa shape index (κ1) is 13.8. The van der Waals surface area contributed by atoms with E-state index in [1.807, 2.05) is 30.3 Å². The minimum Gasteiger partial charge on any atom is -0.458 e. The standard InChI is InChI=1S/C15H16N4O/c1-4-15(2,3)20-13-10-12(19-16)17-14(18-13)11-8-6-5-7-9-11/h1,5-10H,16H2,2-3H3,(H,17,18,19). The van der Waals surface area contributed by atoms with E-state index in [1.165, 1.54) is 0 Å². The number of ether oxygens (including phenoxy) is 1. The zero-order valence-corrected chi connectivity index (χ0v) is 11.4. The fourth-order valence-corrected chi connectivity index (χ4v) is 1.56. The van der Waals surface area contributed by atoms with Crippen molar-refractivity contribution >= 4 is 5.82 Å². The van der Waals surface area contributed by atoms with Crippen LogP contribution >= 0.6 is 0 Å². The summed E-state index contributed by atoms with van der Waals surface area (Å²) in [6.45, 7) is 3.57. The van der Waals surface area contributed by atoms with Gasteiger partial charge >= 0.3 is 0 Å². The molecule has 0 amide bonds. The third-order valence-corrected chi connectivity index (χ3v) is 2.59. The second-order valence-corrected chi connectivity index (χ2v) is 4.68. The molecule has 0 aliphatic carbocycles. The molecule has 0 saturated carbocycles. The molecule has 0 spiro atoms. The van der Waals surface area contributed by atoms with Crippen molar-refractivity contribution in [3.63, 3.8) is 0 Å². The highest BCUT2D eigenvalue weighted by Crippen LogP contribution is 2.23. The summed E-state index contributed by atoms with van der Waals surface area (Å²) in [5, 5.41) is 0. The molecule has 1 aromatic heterocycles. The first-order valence-corrected chi connectivity index (χ1v) is 6.12. The number of benzene rings is 1. The van der Waals surface area contributed by atoms with E-state index in [9.17, 15) is 0 Å².